The summed E-state index contributed by atoms with van der Waals surface area (Å²) in [4.78, 5) is 41.8. The van der Waals surface area contributed by atoms with Gasteiger partial charge in [0.15, 0.2) is 0 Å². The van der Waals surface area contributed by atoms with E-state index in [1.54, 1.807) is 7.11 Å². The molecule has 2 saturated heterocycles. The third-order valence-electron chi connectivity index (χ3n) is 6.87. The number of carbonyl (C=O) groups excluding carboxylic acids is 3. The predicted molar refractivity (Wildman–Crippen MR) is 114 cm³/mol. The quantitative estimate of drug-likeness (QED) is 0.743. The molecule has 3 aliphatic rings. The number of ether oxygens (including phenoxy) is 1. The Morgan fingerprint density at radius 1 is 1.03 bits per heavy atom. The number of fused-ring (bicyclic) bond motifs is 4. The average molecular weight is 419 g/mol. The molecular formula is C24H25N3O4. The Hall–Kier alpha value is -3.19. The van der Waals surface area contributed by atoms with Crippen molar-refractivity contribution in [3.8, 4) is 5.75 Å². The summed E-state index contributed by atoms with van der Waals surface area (Å²) in [5.41, 5.74) is 1.04. The van der Waals surface area contributed by atoms with Crippen LogP contribution >= 0.6 is 0 Å². The maximum Gasteiger partial charge on any atom is 0.250 e. The largest absolute Gasteiger partial charge is 0.497 e. The summed E-state index contributed by atoms with van der Waals surface area (Å²) in [6, 6.07) is 14.4. The van der Waals surface area contributed by atoms with Crippen LogP contribution in [0.4, 0.5) is 5.69 Å². The minimum atomic E-state index is -1.22. The van der Waals surface area contributed by atoms with Gasteiger partial charge in [0.1, 0.15) is 11.3 Å². The van der Waals surface area contributed by atoms with Crippen LogP contribution in [-0.2, 0) is 26.5 Å². The zero-order valence-corrected chi connectivity index (χ0v) is 17.7. The standard InChI is InChI=1S/C24H25N3O4/c1-13(2)20-18-19(24(26-20)16-6-4-5-7-17(16)25-23(24)30)22(29)27(21(18)28)12-14-8-10-15(31-3)11-9-14/h4-11,13,18-20,26H,12H2,1-3H3,(H,25,30)/t18-,19+,20-,24-/m0/s1. The second-order valence-electron chi connectivity index (χ2n) is 8.84. The first-order valence-electron chi connectivity index (χ1n) is 10.5. The van der Waals surface area contributed by atoms with E-state index in [0.717, 1.165) is 11.1 Å². The van der Waals surface area contributed by atoms with Gasteiger partial charge in [0.25, 0.3) is 0 Å². The molecule has 0 bridgehead atoms. The summed E-state index contributed by atoms with van der Waals surface area (Å²) in [7, 11) is 1.59. The highest BCUT2D eigenvalue weighted by Gasteiger charge is 2.70. The van der Waals surface area contributed by atoms with Gasteiger partial charge in [-0.25, -0.2) is 0 Å². The highest BCUT2D eigenvalue weighted by atomic mass is 16.5. The molecule has 160 valence electrons. The Balaban J connectivity index is 1.56. The third-order valence-corrected chi connectivity index (χ3v) is 6.87. The topological polar surface area (TPSA) is 87.7 Å². The van der Waals surface area contributed by atoms with Gasteiger partial charge < -0.3 is 10.1 Å². The normalized spacial score (nSPS) is 29.0. The van der Waals surface area contributed by atoms with Crippen LogP contribution in [0.5, 0.6) is 5.75 Å². The minimum absolute atomic E-state index is 0.0742. The molecule has 3 heterocycles. The van der Waals surface area contributed by atoms with Crippen molar-refractivity contribution in [1.82, 2.24) is 10.2 Å². The van der Waals surface area contributed by atoms with E-state index in [-0.39, 0.29) is 36.2 Å². The minimum Gasteiger partial charge on any atom is -0.497 e. The van der Waals surface area contributed by atoms with E-state index in [0.29, 0.717) is 11.4 Å². The predicted octanol–water partition coefficient (Wildman–Crippen LogP) is 2.27. The van der Waals surface area contributed by atoms with Crippen molar-refractivity contribution >= 4 is 23.4 Å². The third kappa shape index (κ3) is 2.66. The van der Waals surface area contributed by atoms with Gasteiger partial charge in [-0.15, -0.1) is 0 Å². The van der Waals surface area contributed by atoms with Crippen molar-refractivity contribution in [3.63, 3.8) is 0 Å². The fraction of sp³-hybridized carbons (Fsp3) is 0.375. The van der Waals surface area contributed by atoms with Crippen molar-refractivity contribution in [2.45, 2.75) is 32.0 Å². The maximum absolute atomic E-state index is 13.7. The van der Waals surface area contributed by atoms with Crippen molar-refractivity contribution in [2.24, 2.45) is 17.8 Å². The second-order valence-corrected chi connectivity index (χ2v) is 8.84. The summed E-state index contributed by atoms with van der Waals surface area (Å²) < 4.78 is 5.19. The molecule has 1 spiro atoms. The first kappa shape index (κ1) is 19.8. The number of rotatable bonds is 4. The van der Waals surface area contributed by atoms with E-state index in [2.05, 4.69) is 10.6 Å². The van der Waals surface area contributed by atoms with E-state index < -0.39 is 17.4 Å². The number of amides is 3. The molecule has 3 amide bonds. The highest BCUT2D eigenvalue weighted by Crippen LogP contribution is 2.54. The highest BCUT2D eigenvalue weighted by molar-refractivity contribution is 6.15. The van der Waals surface area contributed by atoms with Crippen molar-refractivity contribution < 1.29 is 19.1 Å². The van der Waals surface area contributed by atoms with E-state index >= 15 is 0 Å². The molecule has 31 heavy (non-hydrogen) atoms. The van der Waals surface area contributed by atoms with E-state index in [1.165, 1.54) is 4.90 Å². The molecule has 0 radical (unpaired) electrons. The molecule has 7 heteroatoms. The van der Waals surface area contributed by atoms with Crippen molar-refractivity contribution in [3.05, 3.63) is 59.7 Å². The molecule has 2 aromatic rings. The summed E-state index contributed by atoms with van der Waals surface area (Å²) in [5.74, 6) is -1.34. The number of likely N-dealkylation sites (tertiary alicyclic amines) is 1. The van der Waals surface area contributed by atoms with Gasteiger partial charge in [0.2, 0.25) is 17.7 Å². The van der Waals surface area contributed by atoms with Crippen LogP contribution in [0.1, 0.15) is 25.0 Å². The molecule has 2 aromatic carbocycles. The van der Waals surface area contributed by atoms with E-state index in [9.17, 15) is 14.4 Å². The van der Waals surface area contributed by atoms with Gasteiger partial charge in [0.05, 0.1) is 25.5 Å². The summed E-state index contributed by atoms with van der Waals surface area (Å²) in [6.07, 6.45) is 0. The lowest BCUT2D eigenvalue weighted by Gasteiger charge is -2.30. The molecule has 0 unspecified atom stereocenters. The maximum atomic E-state index is 13.7. The summed E-state index contributed by atoms with van der Waals surface area (Å²) in [5, 5.41) is 6.35. The number of para-hydroxylation sites is 1. The van der Waals surface area contributed by atoms with Gasteiger partial charge in [0, 0.05) is 17.3 Å². The van der Waals surface area contributed by atoms with E-state index in [1.807, 2.05) is 62.4 Å². The molecule has 0 aromatic heterocycles. The van der Waals surface area contributed by atoms with E-state index in [4.69, 9.17) is 4.74 Å². The number of carbonyl (C=O) groups is 3. The van der Waals surface area contributed by atoms with Gasteiger partial charge >= 0.3 is 0 Å². The van der Waals surface area contributed by atoms with Gasteiger partial charge in [-0.2, -0.15) is 0 Å². The Bertz CT molecular complexity index is 1080. The second kappa shape index (κ2) is 6.92. The van der Waals surface area contributed by atoms with Gasteiger partial charge in [-0.3, -0.25) is 24.6 Å². The molecule has 0 aliphatic carbocycles. The molecule has 4 atom stereocenters. The first-order valence-corrected chi connectivity index (χ1v) is 10.5. The van der Waals surface area contributed by atoms with Crippen LogP contribution in [0, 0.1) is 17.8 Å². The number of anilines is 1. The fourth-order valence-electron chi connectivity index (χ4n) is 5.39. The lowest BCUT2D eigenvalue weighted by atomic mass is 9.76. The van der Waals surface area contributed by atoms with Crippen LogP contribution in [0.2, 0.25) is 0 Å². The van der Waals surface area contributed by atoms with Crippen molar-refractivity contribution in [2.75, 3.05) is 12.4 Å². The zero-order chi connectivity index (χ0) is 21.9. The Labute approximate surface area is 180 Å². The molecule has 0 saturated carbocycles. The Morgan fingerprint density at radius 3 is 2.42 bits per heavy atom. The number of hydrogen-bond donors (Lipinski definition) is 2. The monoisotopic (exact) mass is 419 g/mol. The number of hydrogen-bond acceptors (Lipinski definition) is 5. The number of imide groups is 1. The van der Waals surface area contributed by atoms with Crippen LogP contribution < -0.4 is 15.4 Å². The molecular weight excluding hydrogens is 394 g/mol. The van der Waals surface area contributed by atoms with Gasteiger partial charge in [-0.1, -0.05) is 44.2 Å². The fourth-order valence-corrected chi connectivity index (χ4v) is 5.39. The molecule has 3 aliphatic heterocycles. The molecule has 5 rings (SSSR count). The van der Waals surface area contributed by atoms with Crippen LogP contribution in [0.3, 0.4) is 0 Å². The van der Waals surface area contributed by atoms with Gasteiger partial charge in [-0.05, 0) is 29.7 Å². The number of nitrogens with one attached hydrogen (secondary N) is 2. The smallest absolute Gasteiger partial charge is 0.250 e. The summed E-state index contributed by atoms with van der Waals surface area (Å²) in [6.45, 7) is 4.20. The SMILES string of the molecule is COc1ccc(CN2C(=O)[C@@H]3[C@H](C(C)C)N[C@]4(C(=O)Nc5ccccc54)[C@H]3C2=O)cc1. The molecule has 2 fully saturated rings. The lowest BCUT2D eigenvalue weighted by molar-refractivity contribution is -0.143. The lowest BCUT2D eigenvalue weighted by Crippen LogP contribution is -2.53. The Kier molecular flexibility index (Phi) is 4.41. The number of nitrogens with zero attached hydrogens (tertiary/aromatic N) is 1. The zero-order valence-electron chi connectivity index (χ0n) is 17.7. The number of methoxy groups -OCH3 is 1. The number of benzene rings is 2. The summed E-state index contributed by atoms with van der Waals surface area (Å²) >= 11 is 0. The Morgan fingerprint density at radius 2 is 1.74 bits per heavy atom. The molecule has 2 N–H and O–H groups in total. The van der Waals surface area contributed by atoms with Crippen LogP contribution in [-0.4, -0.2) is 35.8 Å². The first-order chi connectivity index (χ1) is 14.9. The van der Waals surface area contributed by atoms with Crippen molar-refractivity contribution in [1.29, 1.82) is 0 Å². The molecule has 7 nitrogen and oxygen atoms in total. The average Bonchev–Trinajstić information content (AvgIpc) is 3.35. The van der Waals surface area contributed by atoms with Crippen LogP contribution in [0.25, 0.3) is 0 Å². The van der Waals surface area contributed by atoms with Crippen LogP contribution in [0.15, 0.2) is 48.5 Å².